The number of nitrogen functional groups attached to an aromatic ring is 1. The number of carbonyl (C=O) groups excluding carboxylic acids is 1. The number of Topliss-reactive ketones (excluding diaryl/α,β-unsaturated/α-hetero) is 1. The third kappa shape index (κ3) is 3.81. The maximum absolute atomic E-state index is 12.2. The molecule has 0 saturated heterocycles. The van der Waals surface area contributed by atoms with Crippen molar-refractivity contribution in [2.75, 3.05) is 18.1 Å². The van der Waals surface area contributed by atoms with E-state index in [2.05, 4.69) is 31.0 Å². The summed E-state index contributed by atoms with van der Waals surface area (Å²) in [6.07, 6.45) is 3.86. The van der Waals surface area contributed by atoms with Gasteiger partial charge in [0.15, 0.2) is 5.78 Å². The van der Waals surface area contributed by atoms with Crippen molar-refractivity contribution in [2.24, 2.45) is 0 Å². The number of carbonyl (C=O) groups is 1. The summed E-state index contributed by atoms with van der Waals surface area (Å²) >= 11 is 0. The van der Waals surface area contributed by atoms with Crippen molar-refractivity contribution in [2.45, 2.75) is 26.2 Å². The largest absolute Gasteiger partial charge is 0.398 e. The van der Waals surface area contributed by atoms with E-state index in [9.17, 15) is 4.79 Å². The average molecular weight is 308 g/mol. The molecule has 0 unspecified atom stereocenters. The van der Waals surface area contributed by atoms with Crippen molar-refractivity contribution in [3.63, 3.8) is 0 Å². The number of allylic oxidation sites excluding steroid dienone is 1. The van der Waals surface area contributed by atoms with Crippen LogP contribution < -0.4 is 11.1 Å². The predicted octanol–water partition coefficient (Wildman–Crippen LogP) is 4.69. The molecule has 0 atom stereocenters. The zero-order valence-corrected chi connectivity index (χ0v) is 13.9. The van der Waals surface area contributed by atoms with E-state index in [1.165, 1.54) is 5.56 Å². The summed E-state index contributed by atoms with van der Waals surface area (Å²) in [6.45, 7) is 5.79. The second kappa shape index (κ2) is 7.63. The summed E-state index contributed by atoms with van der Waals surface area (Å²) in [5, 5.41) is 3.20. The van der Waals surface area contributed by atoms with Gasteiger partial charge in [-0.3, -0.25) is 4.79 Å². The van der Waals surface area contributed by atoms with E-state index >= 15 is 0 Å². The van der Waals surface area contributed by atoms with Gasteiger partial charge in [0.25, 0.3) is 0 Å². The Morgan fingerprint density at radius 2 is 2.04 bits per heavy atom. The summed E-state index contributed by atoms with van der Waals surface area (Å²) in [7, 11) is 1.92. The summed E-state index contributed by atoms with van der Waals surface area (Å²) in [6, 6.07) is 11.7. The van der Waals surface area contributed by atoms with E-state index in [4.69, 9.17) is 5.73 Å². The maximum atomic E-state index is 12.2. The Bertz CT molecular complexity index is 720. The first-order chi connectivity index (χ1) is 11.1. The van der Waals surface area contributed by atoms with Crippen molar-refractivity contribution in [1.29, 1.82) is 0 Å². The number of nitrogens with one attached hydrogen (secondary N) is 1. The minimum Gasteiger partial charge on any atom is -0.398 e. The van der Waals surface area contributed by atoms with Gasteiger partial charge in [-0.15, -0.1) is 6.58 Å². The van der Waals surface area contributed by atoms with Crippen LogP contribution in [0.3, 0.4) is 0 Å². The SMILES string of the molecule is C=CCCC(=O)c1ccc(N)c(-c2ccc(NC)c(CC)c2)c1. The fourth-order valence-corrected chi connectivity index (χ4v) is 2.65. The Morgan fingerprint density at radius 3 is 2.70 bits per heavy atom. The minimum absolute atomic E-state index is 0.119. The van der Waals surface area contributed by atoms with E-state index in [0.29, 0.717) is 24.1 Å². The molecule has 2 aromatic carbocycles. The van der Waals surface area contributed by atoms with Crippen molar-refractivity contribution in [1.82, 2.24) is 0 Å². The molecular formula is C20H24N2O. The highest BCUT2D eigenvalue weighted by Crippen LogP contribution is 2.30. The van der Waals surface area contributed by atoms with Crippen molar-refractivity contribution < 1.29 is 4.79 Å². The van der Waals surface area contributed by atoms with E-state index in [-0.39, 0.29) is 5.78 Å². The second-order valence-electron chi connectivity index (χ2n) is 5.53. The molecule has 23 heavy (non-hydrogen) atoms. The van der Waals surface area contributed by atoms with E-state index in [1.54, 1.807) is 12.1 Å². The number of anilines is 2. The zero-order chi connectivity index (χ0) is 16.8. The number of hydrogen-bond donors (Lipinski definition) is 2. The number of benzene rings is 2. The summed E-state index contributed by atoms with van der Waals surface area (Å²) in [5.74, 6) is 0.119. The Morgan fingerprint density at radius 1 is 1.26 bits per heavy atom. The van der Waals surface area contributed by atoms with E-state index < -0.39 is 0 Å². The maximum Gasteiger partial charge on any atom is 0.163 e. The molecule has 0 radical (unpaired) electrons. The van der Waals surface area contributed by atoms with Crippen LogP contribution in [0.15, 0.2) is 49.1 Å². The minimum atomic E-state index is 0.119. The van der Waals surface area contributed by atoms with E-state index in [0.717, 1.165) is 23.2 Å². The van der Waals surface area contributed by atoms with Gasteiger partial charge in [-0.25, -0.2) is 0 Å². The molecule has 3 heteroatoms. The van der Waals surface area contributed by atoms with Crippen LogP contribution in [0.1, 0.15) is 35.7 Å². The van der Waals surface area contributed by atoms with Crippen LogP contribution in [0.25, 0.3) is 11.1 Å². The Kier molecular flexibility index (Phi) is 5.58. The molecule has 2 aromatic rings. The summed E-state index contributed by atoms with van der Waals surface area (Å²) in [5.41, 5.74) is 11.8. The molecule has 0 aromatic heterocycles. The van der Waals surface area contributed by atoms with E-state index in [1.807, 2.05) is 25.2 Å². The number of ketones is 1. The molecule has 3 N–H and O–H groups in total. The number of nitrogens with two attached hydrogens (primary N) is 1. The van der Waals surface area contributed by atoms with Gasteiger partial charge in [-0.1, -0.05) is 19.1 Å². The van der Waals surface area contributed by atoms with Gasteiger partial charge >= 0.3 is 0 Å². The Labute approximate surface area is 138 Å². The Balaban J connectivity index is 2.42. The van der Waals surface area contributed by atoms with Gasteiger partial charge in [0.1, 0.15) is 0 Å². The smallest absolute Gasteiger partial charge is 0.163 e. The highest BCUT2D eigenvalue weighted by Gasteiger charge is 2.11. The molecule has 2 rings (SSSR count). The molecule has 0 saturated carbocycles. The normalized spacial score (nSPS) is 10.3. The van der Waals surface area contributed by atoms with Crippen LogP contribution in [-0.2, 0) is 6.42 Å². The third-order valence-corrected chi connectivity index (χ3v) is 4.02. The van der Waals surface area contributed by atoms with Crippen LogP contribution in [0.2, 0.25) is 0 Å². The lowest BCUT2D eigenvalue weighted by molar-refractivity contribution is 0.0984. The van der Waals surface area contributed by atoms with Crippen LogP contribution in [0.4, 0.5) is 11.4 Å². The van der Waals surface area contributed by atoms with Gasteiger partial charge < -0.3 is 11.1 Å². The average Bonchev–Trinajstić information content (AvgIpc) is 2.59. The molecular weight excluding hydrogens is 284 g/mol. The third-order valence-electron chi connectivity index (χ3n) is 4.02. The first-order valence-corrected chi connectivity index (χ1v) is 7.95. The van der Waals surface area contributed by atoms with Gasteiger partial charge in [-0.05, 0) is 54.3 Å². The van der Waals surface area contributed by atoms with Gasteiger partial charge in [0.2, 0.25) is 0 Å². The highest BCUT2D eigenvalue weighted by molar-refractivity contribution is 5.98. The first kappa shape index (κ1) is 16.8. The van der Waals surface area contributed by atoms with Gasteiger partial charge in [0.05, 0.1) is 0 Å². The fraction of sp³-hybridized carbons (Fsp3) is 0.250. The summed E-state index contributed by atoms with van der Waals surface area (Å²) in [4.78, 5) is 12.2. The first-order valence-electron chi connectivity index (χ1n) is 7.95. The van der Waals surface area contributed by atoms with Crippen molar-refractivity contribution in [3.8, 4) is 11.1 Å². The Hall–Kier alpha value is -2.55. The zero-order valence-electron chi connectivity index (χ0n) is 13.9. The molecule has 3 nitrogen and oxygen atoms in total. The molecule has 0 aliphatic rings. The molecule has 0 heterocycles. The van der Waals surface area contributed by atoms with Crippen molar-refractivity contribution >= 4 is 17.2 Å². The lowest BCUT2D eigenvalue weighted by Crippen LogP contribution is -2.01. The van der Waals surface area contributed by atoms with Crippen molar-refractivity contribution in [3.05, 3.63) is 60.2 Å². The predicted molar refractivity (Wildman–Crippen MR) is 99.0 cm³/mol. The second-order valence-corrected chi connectivity index (χ2v) is 5.53. The molecule has 0 aliphatic heterocycles. The standard InChI is InChI=1S/C20H24N2O/c1-4-6-7-20(23)16-8-10-18(21)17(13-16)15-9-11-19(22-3)14(5-2)12-15/h4,8-13,22H,1,5-7,21H2,2-3H3. The molecule has 0 aliphatic carbocycles. The lowest BCUT2D eigenvalue weighted by atomic mass is 9.96. The number of rotatable bonds is 7. The number of hydrogen-bond acceptors (Lipinski definition) is 3. The molecule has 120 valence electrons. The van der Waals surface area contributed by atoms with Crippen LogP contribution >= 0.6 is 0 Å². The topological polar surface area (TPSA) is 55.1 Å². The monoisotopic (exact) mass is 308 g/mol. The molecule has 0 fully saturated rings. The number of aryl methyl sites for hydroxylation is 1. The summed E-state index contributed by atoms with van der Waals surface area (Å²) < 4.78 is 0. The quantitative estimate of drug-likeness (QED) is 0.443. The lowest BCUT2D eigenvalue weighted by Gasteiger charge is -2.13. The van der Waals surface area contributed by atoms with Crippen LogP contribution in [-0.4, -0.2) is 12.8 Å². The fourth-order valence-electron chi connectivity index (χ4n) is 2.65. The van der Waals surface area contributed by atoms with Crippen LogP contribution in [0.5, 0.6) is 0 Å². The highest BCUT2D eigenvalue weighted by atomic mass is 16.1. The van der Waals surface area contributed by atoms with Gasteiger partial charge in [-0.2, -0.15) is 0 Å². The molecule has 0 amide bonds. The van der Waals surface area contributed by atoms with Gasteiger partial charge in [0, 0.05) is 36.0 Å². The molecule has 0 bridgehead atoms. The van der Waals surface area contributed by atoms with Crippen LogP contribution in [0, 0.1) is 0 Å². The molecule has 0 spiro atoms.